The maximum Gasteiger partial charge on any atom is 0.282 e. The molecule has 0 unspecified atom stereocenters. The molecule has 4 rings (SSSR count). The van der Waals surface area contributed by atoms with Crippen LogP contribution in [0.1, 0.15) is 24.8 Å². The molecule has 2 aromatic rings. The van der Waals surface area contributed by atoms with E-state index in [0.717, 1.165) is 32.4 Å². The minimum atomic E-state index is -0.357. The number of para-hydroxylation sites is 3. The summed E-state index contributed by atoms with van der Waals surface area (Å²) >= 11 is 0. The summed E-state index contributed by atoms with van der Waals surface area (Å²) in [7, 11) is 3.10. The van der Waals surface area contributed by atoms with Crippen molar-refractivity contribution in [2.75, 3.05) is 32.2 Å². The van der Waals surface area contributed by atoms with Gasteiger partial charge in [-0.25, -0.2) is 4.90 Å². The normalized spacial score (nSPS) is 17.2. The molecule has 2 amide bonds. The highest BCUT2D eigenvalue weighted by Gasteiger charge is 2.44. The van der Waals surface area contributed by atoms with E-state index in [0.29, 0.717) is 34.0 Å². The molecule has 0 N–H and O–H groups in total. The third-order valence-electron chi connectivity index (χ3n) is 5.43. The minimum absolute atomic E-state index is 0.317. The van der Waals surface area contributed by atoms with Crippen molar-refractivity contribution in [2.24, 2.45) is 0 Å². The van der Waals surface area contributed by atoms with Crippen LogP contribution in [-0.2, 0) is 9.59 Å². The lowest BCUT2D eigenvalue weighted by molar-refractivity contribution is -0.120. The lowest BCUT2D eigenvalue weighted by Gasteiger charge is -2.29. The summed E-state index contributed by atoms with van der Waals surface area (Å²) in [5.74, 6) is 0.375. The third-order valence-corrected chi connectivity index (χ3v) is 5.43. The first-order valence-electron chi connectivity index (χ1n) is 9.81. The largest absolute Gasteiger partial charge is 0.496 e. The number of amides is 2. The molecule has 0 aromatic heterocycles. The first-order valence-corrected chi connectivity index (χ1v) is 9.81. The SMILES string of the molecule is COc1ccccc1C1=C(N2CCCCC2)C(=O)N(c2ccccc2OC)C1=O. The topological polar surface area (TPSA) is 59.1 Å². The van der Waals surface area contributed by atoms with E-state index in [2.05, 4.69) is 0 Å². The standard InChI is InChI=1S/C23H24N2O4/c1-28-18-12-6-4-10-16(18)20-21(24-14-8-3-9-15-24)23(27)25(22(20)26)17-11-5-7-13-19(17)29-2/h4-7,10-13H,3,8-9,14-15H2,1-2H3. The molecule has 0 spiro atoms. The van der Waals surface area contributed by atoms with Gasteiger partial charge in [-0.15, -0.1) is 0 Å². The second-order valence-electron chi connectivity index (χ2n) is 7.09. The predicted molar refractivity (Wildman–Crippen MR) is 111 cm³/mol. The van der Waals surface area contributed by atoms with Crippen LogP contribution in [0.4, 0.5) is 5.69 Å². The van der Waals surface area contributed by atoms with Crippen molar-refractivity contribution in [3.05, 3.63) is 59.8 Å². The zero-order chi connectivity index (χ0) is 20.4. The number of methoxy groups -OCH3 is 2. The van der Waals surface area contributed by atoms with E-state index in [1.165, 1.54) is 12.0 Å². The van der Waals surface area contributed by atoms with E-state index in [-0.39, 0.29) is 11.8 Å². The van der Waals surface area contributed by atoms with Crippen molar-refractivity contribution in [3.8, 4) is 11.5 Å². The molecule has 150 valence electrons. The summed E-state index contributed by atoms with van der Waals surface area (Å²) in [6.45, 7) is 1.51. The second kappa shape index (κ2) is 7.99. The van der Waals surface area contributed by atoms with Crippen LogP contribution in [0, 0.1) is 0 Å². The fourth-order valence-electron chi connectivity index (χ4n) is 4.06. The van der Waals surface area contributed by atoms with Gasteiger partial charge in [0.1, 0.15) is 17.2 Å². The van der Waals surface area contributed by atoms with Crippen LogP contribution in [0.2, 0.25) is 0 Å². The Morgan fingerprint density at radius 3 is 2.07 bits per heavy atom. The maximum atomic E-state index is 13.6. The molecular formula is C23H24N2O4. The number of imide groups is 1. The Morgan fingerprint density at radius 1 is 0.759 bits per heavy atom. The Labute approximate surface area is 170 Å². The van der Waals surface area contributed by atoms with E-state index >= 15 is 0 Å². The van der Waals surface area contributed by atoms with Gasteiger partial charge in [0.05, 0.1) is 25.5 Å². The number of anilines is 1. The molecule has 2 heterocycles. The van der Waals surface area contributed by atoms with Gasteiger partial charge in [0.2, 0.25) is 0 Å². The van der Waals surface area contributed by atoms with Crippen molar-refractivity contribution in [1.29, 1.82) is 0 Å². The van der Waals surface area contributed by atoms with Gasteiger partial charge in [0, 0.05) is 18.7 Å². The number of ether oxygens (including phenoxy) is 2. The van der Waals surface area contributed by atoms with Crippen LogP contribution >= 0.6 is 0 Å². The van der Waals surface area contributed by atoms with Gasteiger partial charge >= 0.3 is 0 Å². The Hall–Kier alpha value is -3.28. The van der Waals surface area contributed by atoms with Crippen molar-refractivity contribution >= 4 is 23.1 Å². The van der Waals surface area contributed by atoms with E-state index in [9.17, 15) is 9.59 Å². The number of hydrogen-bond acceptors (Lipinski definition) is 5. The Kier molecular flexibility index (Phi) is 5.25. The molecule has 0 saturated carbocycles. The zero-order valence-electron chi connectivity index (χ0n) is 16.7. The summed E-state index contributed by atoms with van der Waals surface area (Å²) in [6.07, 6.45) is 3.13. The lowest BCUT2D eigenvalue weighted by Crippen LogP contribution is -2.37. The summed E-state index contributed by atoms with van der Waals surface area (Å²) in [4.78, 5) is 30.5. The summed E-state index contributed by atoms with van der Waals surface area (Å²) < 4.78 is 10.9. The van der Waals surface area contributed by atoms with Gasteiger partial charge in [-0.3, -0.25) is 9.59 Å². The van der Waals surface area contributed by atoms with Crippen LogP contribution in [-0.4, -0.2) is 44.0 Å². The Balaban J connectivity index is 1.88. The fourth-order valence-corrected chi connectivity index (χ4v) is 4.06. The summed E-state index contributed by atoms with van der Waals surface area (Å²) in [5, 5.41) is 0. The number of carbonyl (C=O) groups excluding carboxylic acids is 2. The molecule has 0 radical (unpaired) electrons. The molecular weight excluding hydrogens is 368 g/mol. The van der Waals surface area contributed by atoms with Gasteiger partial charge < -0.3 is 14.4 Å². The highest BCUT2D eigenvalue weighted by Crippen LogP contribution is 2.41. The molecule has 29 heavy (non-hydrogen) atoms. The van der Waals surface area contributed by atoms with E-state index in [1.54, 1.807) is 31.4 Å². The monoisotopic (exact) mass is 392 g/mol. The molecule has 0 atom stereocenters. The smallest absolute Gasteiger partial charge is 0.282 e. The van der Waals surface area contributed by atoms with Crippen molar-refractivity contribution in [1.82, 2.24) is 4.90 Å². The zero-order valence-corrected chi connectivity index (χ0v) is 16.7. The molecule has 1 saturated heterocycles. The molecule has 0 aliphatic carbocycles. The van der Waals surface area contributed by atoms with Gasteiger partial charge in [0.25, 0.3) is 11.8 Å². The predicted octanol–water partition coefficient (Wildman–Crippen LogP) is 3.47. The van der Waals surface area contributed by atoms with Crippen LogP contribution < -0.4 is 14.4 Å². The minimum Gasteiger partial charge on any atom is -0.496 e. The van der Waals surface area contributed by atoms with Gasteiger partial charge in [0.15, 0.2) is 0 Å². The average Bonchev–Trinajstić information content (AvgIpc) is 3.04. The first-order chi connectivity index (χ1) is 14.2. The Bertz CT molecular complexity index is 976. The van der Waals surface area contributed by atoms with Crippen LogP contribution in [0.15, 0.2) is 54.2 Å². The van der Waals surface area contributed by atoms with Gasteiger partial charge in [-0.1, -0.05) is 30.3 Å². The molecule has 2 aliphatic rings. The number of hydrogen-bond donors (Lipinski definition) is 0. The summed E-state index contributed by atoms with van der Waals surface area (Å²) in [6, 6.07) is 14.4. The lowest BCUT2D eigenvalue weighted by atomic mass is 10.0. The molecule has 6 heteroatoms. The fraction of sp³-hybridized carbons (Fsp3) is 0.304. The quantitative estimate of drug-likeness (QED) is 0.729. The van der Waals surface area contributed by atoms with Crippen LogP contribution in [0.3, 0.4) is 0 Å². The molecule has 6 nitrogen and oxygen atoms in total. The first kappa shape index (κ1) is 19.1. The third kappa shape index (κ3) is 3.24. The average molecular weight is 392 g/mol. The molecule has 2 aromatic carbocycles. The van der Waals surface area contributed by atoms with Gasteiger partial charge in [-0.05, 0) is 37.5 Å². The van der Waals surface area contributed by atoms with Crippen LogP contribution in [0.5, 0.6) is 11.5 Å². The highest BCUT2D eigenvalue weighted by atomic mass is 16.5. The number of piperidine rings is 1. The number of benzene rings is 2. The second-order valence-corrected chi connectivity index (χ2v) is 7.09. The maximum absolute atomic E-state index is 13.6. The summed E-state index contributed by atoms with van der Waals surface area (Å²) in [5.41, 5.74) is 1.92. The van der Waals surface area contributed by atoms with E-state index < -0.39 is 0 Å². The molecule has 1 fully saturated rings. The highest BCUT2D eigenvalue weighted by molar-refractivity contribution is 6.46. The number of likely N-dealkylation sites (tertiary alicyclic amines) is 1. The number of carbonyl (C=O) groups is 2. The van der Waals surface area contributed by atoms with Crippen molar-refractivity contribution in [2.45, 2.75) is 19.3 Å². The van der Waals surface area contributed by atoms with Crippen molar-refractivity contribution < 1.29 is 19.1 Å². The van der Waals surface area contributed by atoms with E-state index in [4.69, 9.17) is 9.47 Å². The van der Waals surface area contributed by atoms with Crippen molar-refractivity contribution in [3.63, 3.8) is 0 Å². The van der Waals surface area contributed by atoms with Crippen LogP contribution in [0.25, 0.3) is 5.57 Å². The van der Waals surface area contributed by atoms with E-state index in [1.807, 2.05) is 29.2 Å². The number of rotatable bonds is 5. The Morgan fingerprint density at radius 2 is 1.38 bits per heavy atom. The molecule has 0 bridgehead atoms. The van der Waals surface area contributed by atoms with Gasteiger partial charge in [-0.2, -0.15) is 0 Å². The molecule has 2 aliphatic heterocycles. The number of nitrogens with zero attached hydrogens (tertiary/aromatic N) is 2.